The molecule has 2 aromatic rings. The van der Waals surface area contributed by atoms with Crippen molar-refractivity contribution in [2.75, 3.05) is 6.54 Å². The van der Waals surface area contributed by atoms with Gasteiger partial charge in [-0.3, -0.25) is 4.79 Å². The molecule has 0 spiro atoms. The first kappa shape index (κ1) is 13.9. The molecule has 102 valence electrons. The molecule has 0 aliphatic rings. The largest absolute Gasteiger partial charge is 0.508 e. The van der Waals surface area contributed by atoms with E-state index in [1.807, 2.05) is 30.3 Å². The molecular weight excluding hydrogens is 254 g/mol. The number of phenolic OH excluding ortho intramolecular Hbond substituents is 1. The van der Waals surface area contributed by atoms with E-state index >= 15 is 0 Å². The molecule has 0 radical (unpaired) electrons. The van der Waals surface area contributed by atoms with Gasteiger partial charge >= 0.3 is 0 Å². The lowest BCUT2D eigenvalue weighted by molar-refractivity contribution is 0.0974. The predicted octanol–water partition coefficient (Wildman–Crippen LogP) is 3.52. The first-order valence-electron chi connectivity index (χ1n) is 6.37. The molecule has 4 heteroatoms. The van der Waals surface area contributed by atoms with Gasteiger partial charge in [-0.05, 0) is 29.8 Å². The minimum absolute atomic E-state index is 0.0671. The highest BCUT2D eigenvalue weighted by molar-refractivity contribution is 5.96. The molecule has 0 heterocycles. The summed E-state index contributed by atoms with van der Waals surface area (Å²) in [5, 5.41) is 12.1. The highest BCUT2D eigenvalue weighted by Gasteiger charge is 2.17. The third kappa shape index (κ3) is 3.51. The molecule has 0 bridgehead atoms. The topological polar surface area (TPSA) is 66.7 Å². The van der Waals surface area contributed by atoms with Crippen LogP contribution < -0.4 is 0 Å². The van der Waals surface area contributed by atoms with Gasteiger partial charge in [-0.1, -0.05) is 35.5 Å². The molecule has 20 heavy (non-hydrogen) atoms. The molecule has 0 amide bonds. The van der Waals surface area contributed by atoms with Gasteiger partial charge in [-0.15, -0.1) is 0 Å². The highest BCUT2D eigenvalue weighted by atomic mass is 16.3. The van der Waals surface area contributed by atoms with Crippen molar-refractivity contribution in [3.8, 4) is 5.75 Å². The number of aromatic hydroxyl groups is 1. The molecule has 0 aliphatic heterocycles. The van der Waals surface area contributed by atoms with Crippen molar-refractivity contribution in [1.29, 1.82) is 0 Å². The summed E-state index contributed by atoms with van der Waals surface area (Å²) in [5.74, 6) is -0.159. The van der Waals surface area contributed by atoms with Crippen LogP contribution in [0.1, 0.15) is 28.3 Å². The lowest BCUT2D eigenvalue weighted by atomic mass is 9.91. The zero-order valence-corrected chi connectivity index (χ0v) is 10.9. The summed E-state index contributed by atoms with van der Waals surface area (Å²) in [6.45, 7) is 0.0772. The van der Waals surface area contributed by atoms with Gasteiger partial charge in [-0.25, -0.2) is 0 Å². The van der Waals surface area contributed by atoms with Crippen molar-refractivity contribution in [3.05, 3.63) is 70.6 Å². The van der Waals surface area contributed by atoms with E-state index in [9.17, 15) is 14.8 Å². The van der Waals surface area contributed by atoms with E-state index in [2.05, 4.69) is 5.18 Å². The Hall–Kier alpha value is -2.49. The monoisotopic (exact) mass is 269 g/mol. The zero-order valence-electron chi connectivity index (χ0n) is 10.9. The Morgan fingerprint density at radius 1 is 1.05 bits per heavy atom. The van der Waals surface area contributed by atoms with Crippen LogP contribution in [0.15, 0.2) is 59.8 Å². The van der Waals surface area contributed by atoms with E-state index in [0.29, 0.717) is 5.56 Å². The molecule has 0 aliphatic carbocycles. The van der Waals surface area contributed by atoms with Crippen LogP contribution in [-0.2, 0) is 0 Å². The van der Waals surface area contributed by atoms with Crippen LogP contribution in [0.5, 0.6) is 5.75 Å². The smallest absolute Gasteiger partial charge is 0.163 e. The van der Waals surface area contributed by atoms with Crippen LogP contribution in [0.2, 0.25) is 0 Å². The molecule has 1 unspecified atom stereocenters. The lowest BCUT2D eigenvalue weighted by Crippen LogP contribution is -2.10. The van der Waals surface area contributed by atoms with Crippen LogP contribution in [0.4, 0.5) is 0 Å². The fourth-order valence-corrected chi connectivity index (χ4v) is 2.09. The third-order valence-corrected chi connectivity index (χ3v) is 3.19. The molecule has 4 nitrogen and oxygen atoms in total. The van der Waals surface area contributed by atoms with E-state index in [-0.39, 0.29) is 30.4 Å². The van der Waals surface area contributed by atoms with Crippen LogP contribution in [-0.4, -0.2) is 17.4 Å². The Morgan fingerprint density at radius 3 is 2.30 bits per heavy atom. The standard InChI is InChI=1S/C16H15NO3/c18-15-8-6-13(7-9-15)16(19)10-14(11-17-20)12-4-2-1-3-5-12/h1-9,14,18H,10-11H2. The van der Waals surface area contributed by atoms with E-state index < -0.39 is 0 Å². The maximum absolute atomic E-state index is 12.2. The van der Waals surface area contributed by atoms with Crippen molar-refractivity contribution < 1.29 is 9.90 Å². The molecule has 1 N–H and O–H groups in total. The number of ketones is 1. The zero-order chi connectivity index (χ0) is 14.4. The lowest BCUT2D eigenvalue weighted by Gasteiger charge is -2.13. The number of hydrogen-bond donors (Lipinski definition) is 1. The van der Waals surface area contributed by atoms with Gasteiger partial charge in [0.15, 0.2) is 5.78 Å². The molecule has 0 saturated carbocycles. The Kier molecular flexibility index (Phi) is 4.60. The van der Waals surface area contributed by atoms with Gasteiger partial charge in [-0.2, -0.15) is 4.91 Å². The number of phenols is 1. The number of hydrogen-bond acceptors (Lipinski definition) is 4. The number of nitroso groups, excluding NO2 is 1. The number of nitrogens with zero attached hydrogens (tertiary/aromatic N) is 1. The molecule has 2 aromatic carbocycles. The fraction of sp³-hybridized carbons (Fsp3) is 0.188. The van der Waals surface area contributed by atoms with Gasteiger partial charge in [0, 0.05) is 17.9 Å². The second kappa shape index (κ2) is 6.61. The summed E-state index contributed by atoms with van der Waals surface area (Å²) in [6.07, 6.45) is 0.223. The van der Waals surface area contributed by atoms with E-state index in [0.717, 1.165) is 5.56 Å². The molecule has 1 atom stereocenters. The third-order valence-electron chi connectivity index (χ3n) is 3.19. The SMILES string of the molecule is O=NCC(CC(=O)c1ccc(O)cc1)c1ccccc1. The molecule has 2 rings (SSSR count). The summed E-state index contributed by atoms with van der Waals surface area (Å²) in [5.41, 5.74) is 1.45. The quantitative estimate of drug-likeness (QED) is 0.644. The second-order valence-electron chi connectivity index (χ2n) is 4.59. The summed E-state index contributed by atoms with van der Waals surface area (Å²) in [7, 11) is 0. The van der Waals surface area contributed by atoms with Crippen LogP contribution in [0.3, 0.4) is 0 Å². The minimum Gasteiger partial charge on any atom is -0.508 e. The summed E-state index contributed by atoms with van der Waals surface area (Å²) < 4.78 is 0. The summed E-state index contributed by atoms with van der Waals surface area (Å²) >= 11 is 0. The van der Waals surface area contributed by atoms with Crippen molar-refractivity contribution in [2.45, 2.75) is 12.3 Å². The van der Waals surface area contributed by atoms with Crippen LogP contribution >= 0.6 is 0 Å². The van der Waals surface area contributed by atoms with Gasteiger partial charge in [0.2, 0.25) is 0 Å². The Labute approximate surface area is 117 Å². The minimum atomic E-state index is -0.213. The fourth-order valence-electron chi connectivity index (χ4n) is 2.09. The average Bonchev–Trinajstić information content (AvgIpc) is 2.48. The number of Topliss-reactive ketones (excluding diaryl/α,β-unsaturated/α-hetero) is 1. The predicted molar refractivity (Wildman–Crippen MR) is 76.9 cm³/mol. The normalized spacial score (nSPS) is 11.8. The number of rotatable bonds is 6. The first-order chi connectivity index (χ1) is 9.70. The van der Waals surface area contributed by atoms with Crippen molar-refractivity contribution in [2.24, 2.45) is 5.18 Å². The number of carbonyl (C=O) groups is 1. The molecular formula is C16H15NO3. The molecule has 0 fully saturated rings. The summed E-state index contributed by atoms with van der Waals surface area (Å²) in [6, 6.07) is 15.5. The Bertz CT molecular complexity index is 578. The first-order valence-corrected chi connectivity index (χ1v) is 6.37. The molecule has 0 aromatic heterocycles. The maximum Gasteiger partial charge on any atom is 0.163 e. The van der Waals surface area contributed by atoms with Crippen LogP contribution in [0, 0.1) is 4.91 Å². The van der Waals surface area contributed by atoms with Gasteiger partial charge < -0.3 is 5.11 Å². The highest BCUT2D eigenvalue weighted by Crippen LogP contribution is 2.23. The van der Waals surface area contributed by atoms with Gasteiger partial charge in [0.25, 0.3) is 0 Å². The van der Waals surface area contributed by atoms with Crippen molar-refractivity contribution in [3.63, 3.8) is 0 Å². The van der Waals surface area contributed by atoms with Gasteiger partial charge in [0.05, 0.1) is 6.54 Å². The summed E-state index contributed by atoms with van der Waals surface area (Å²) in [4.78, 5) is 22.7. The van der Waals surface area contributed by atoms with E-state index in [4.69, 9.17) is 0 Å². The Balaban J connectivity index is 2.14. The average molecular weight is 269 g/mol. The van der Waals surface area contributed by atoms with E-state index in [1.165, 1.54) is 12.1 Å². The van der Waals surface area contributed by atoms with Gasteiger partial charge in [0.1, 0.15) is 5.75 Å². The number of benzene rings is 2. The van der Waals surface area contributed by atoms with Crippen molar-refractivity contribution in [1.82, 2.24) is 0 Å². The molecule has 0 saturated heterocycles. The Morgan fingerprint density at radius 2 is 1.70 bits per heavy atom. The maximum atomic E-state index is 12.2. The second-order valence-corrected chi connectivity index (χ2v) is 4.59. The van der Waals surface area contributed by atoms with Crippen LogP contribution in [0.25, 0.3) is 0 Å². The number of carbonyl (C=O) groups excluding carboxylic acids is 1. The van der Waals surface area contributed by atoms with E-state index in [1.54, 1.807) is 12.1 Å². The van der Waals surface area contributed by atoms with Crippen molar-refractivity contribution >= 4 is 5.78 Å².